The van der Waals surface area contributed by atoms with Gasteiger partial charge in [0.05, 0.1) is 15.7 Å². The highest BCUT2D eigenvalue weighted by Gasteiger charge is 2.14. The molecule has 1 heterocycles. The van der Waals surface area contributed by atoms with Crippen molar-refractivity contribution in [1.29, 1.82) is 0 Å². The lowest BCUT2D eigenvalue weighted by atomic mass is 10.1. The van der Waals surface area contributed by atoms with Gasteiger partial charge in [-0.2, -0.15) is 0 Å². The second-order valence-corrected chi connectivity index (χ2v) is 6.27. The van der Waals surface area contributed by atoms with Crippen LogP contribution in [0.2, 0.25) is 0 Å². The van der Waals surface area contributed by atoms with Crippen LogP contribution in [0.1, 0.15) is 0 Å². The minimum absolute atomic E-state index is 0.0369. The molecule has 23 heavy (non-hydrogen) atoms. The molecule has 0 saturated carbocycles. The Kier molecular flexibility index (Phi) is 4.56. The molecule has 0 radical (unpaired) electrons. The lowest BCUT2D eigenvalue weighted by Crippen LogP contribution is -2.21. The highest BCUT2D eigenvalue weighted by molar-refractivity contribution is 7.97. The second kappa shape index (κ2) is 6.62. The molecule has 120 valence electrons. The van der Waals surface area contributed by atoms with E-state index in [0.717, 1.165) is 35.6 Å². The van der Waals surface area contributed by atoms with Crippen molar-refractivity contribution in [2.45, 2.75) is 4.90 Å². The maximum Gasteiger partial charge on any atom is 0.202 e. The smallest absolute Gasteiger partial charge is 0.202 e. The fourth-order valence-corrected chi connectivity index (χ4v) is 2.93. The standard InChI is InChI=1S/C17H19N3O2S/c1-20(2)10-9-19-12-7-8-14(23-18)17-15(12)16(21)11-5-3-4-6-13(11)22-17/h3-8,19H,9-10,18H2,1-2H3. The molecule has 0 saturated heterocycles. The first-order valence-electron chi connectivity index (χ1n) is 7.35. The van der Waals surface area contributed by atoms with Crippen LogP contribution in [0.25, 0.3) is 21.9 Å². The topological polar surface area (TPSA) is 71.5 Å². The van der Waals surface area contributed by atoms with E-state index in [0.29, 0.717) is 21.9 Å². The minimum atomic E-state index is -0.0369. The van der Waals surface area contributed by atoms with Gasteiger partial charge in [0.2, 0.25) is 5.43 Å². The molecule has 1 aromatic heterocycles. The number of likely N-dealkylation sites (N-methyl/N-ethyl adjacent to an activating group) is 1. The summed E-state index contributed by atoms with van der Waals surface area (Å²) in [5.41, 5.74) is 1.85. The molecule has 0 atom stereocenters. The first-order valence-corrected chi connectivity index (χ1v) is 8.23. The monoisotopic (exact) mass is 329 g/mol. The van der Waals surface area contributed by atoms with Crippen LogP contribution >= 0.6 is 11.9 Å². The van der Waals surface area contributed by atoms with Crippen molar-refractivity contribution >= 4 is 39.6 Å². The molecule has 3 aromatic rings. The zero-order valence-corrected chi connectivity index (χ0v) is 13.9. The van der Waals surface area contributed by atoms with E-state index in [-0.39, 0.29) is 5.43 Å². The molecule has 0 aliphatic carbocycles. The molecule has 0 spiro atoms. The summed E-state index contributed by atoms with van der Waals surface area (Å²) in [6.45, 7) is 1.61. The van der Waals surface area contributed by atoms with Crippen LogP contribution in [-0.4, -0.2) is 32.1 Å². The molecular weight excluding hydrogens is 310 g/mol. The van der Waals surface area contributed by atoms with Crippen LogP contribution < -0.4 is 15.9 Å². The number of rotatable bonds is 5. The predicted octanol–water partition coefficient (Wildman–Crippen LogP) is 2.89. The fourth-order valence-electron chi connectivity index (χ4n) is 2.53. The van der Waals surface area contributed by atoms with Gasteiger partial charge in [0.25, 0.3) is 0 Å². The van der Waals surface area contributed by atoms with Gasteiger partial charge in [-0.25, -0.2) is 0 Å². The number of nitrogens with zero attached hydrogens (tertiary/aromatic N) is 1. The predicted molar refractivity (Wildman–Crippen MR) is 97.1 cm³/mol. The lowest BCUT2D eigenvalue weighted by Gasteiger charge is -2.14. The van der Waals surface area contributed by atoms with Crippen molar-refractivity contribution in [1.82, 2.24) is 4.90 Å². The largest absolute Gasteiger partial charge is 0.454 e. The Morgan fingerprint density at radius 2 is 2.00 bits per heavy atom. The Morgan fingerprint density at radius 3 is 2.74 bits per heavy atom. The number of hydrogen-bond acceptors (Lipinski definition) is 6. The Morgan fingerprint density at radius 1 is 1.22 bits per heavy atom. The SMILES string of the molecule is CN(C)CCNc1ccc(SN)c2oc3ccccc3c(=O)c12. The Hall–Kier alpha value is -2.02. The van der Waals surface area contributed by atoms with Crippen LogP contribution in [0.5, 0.6) is 0 Å². The van der Waals surface area contributed by atoms with Crippen LogP contribution in [0.3, 0.4) is 0 Å². The van der Waals surface area contributed by atoms with Gasteiger partial charge >= 0.3 is 0 Å². The maximum atomic E-state index is 12.9. The molecule has 0 amide bonds. The summed E-state index contributed by atoms with van der Waals surface area (Å²) < 4.78 is 5.97. The van der Waals surface area contributed by atoms with Crippen LogP contribution in [-0.2, 0) is 0 Å². The zero-order valence-electron chi connectivity index (χ0n) is 13.1. The normalized spacial score (nSPS) is 11.5. The first-order chi connectivity index (χ1) is 11.1. The number of para-hydroxylation sites is 1. The van der Waals surface area contributed by atoms with E-state index >= 15 is 0 Å². The third kappa shape index (κ3) is 3.06. The summed E-state index contributed by atoms with van der Waals surface area (Å²) in [5.74, 6) is 0. The summed E-state index contributed by atoms with van der Waals surface area (Å²) in [7, 11) is 4.02. The summed E-state index contributed by atoms with van der Waals surface area (Å²) in [6, 6.07) is 11.0. The number of fused-ring (bicyclic) bond motifs is 2. The number of anilines is 1. The molecular formula is C17H19N3O2S. The molecule has 3 rings (SSSR count). The molecule has 0 aliphatic heterocycles. The lowest BCUT2D eigenvalue weighted by molar-refractivity contribution is 0.425. The fraction of sp³-hybridized carbons (Fsp3) is 0.235. The highest BCUT2D eigenvalue weighted by Crippen LogP contribution is 2.31. The van der Waals surface area contributed by atoms with Gasteiger partial charge in [0.15, 0.2) is 5.58 Å². The molecule has 3 N–H and O–H groups in total. The van der Waals surface area contributed by atoms with Crippen molar-refractivity contribution in [2.75, 3.05) is 32.5 Å². The summed E-state index contributed by atoms with van der Waals surface area (Å²) in [4.78, 5) is 15.7. The van der Waals surface area contributed by atoms with Gasteiger partial charge in [0.1, 0.15) is 5.58 Å². The van der Waals surface area contributed by atoms with Gasteiger partial charge < -0.3 is 14.6 Å². The van der Waals surface area contributed by atoms with Crippen molar-refractivity contribution in [3.8, 4) is 0 Å². The Bertz CT molecular complexity index is 905. The third-order valence-electron chi connectivity index (χ3n) is 3.69. The number of nitrogens with one attached hydrogen (secondary N) is 1. The van der Waals surface area contributed by atoms with E-state index in [4.69, 9.17) is 9.56 Å². The molecule has 5 nitrogen and oxygen atoms in total. The second-order valence-electron chi connectivity index (χ2n) is 5.59. The number of nitrogens with two attached hydrogens (primary N) is 1. The summed E-state index contributed by atoms with van der Waals surface area (Å²) in [6.07, 6.45) is 0. The van der Waals surface area contributed by atoms with Gasteiger partial charge in [-0.15, -0.1) is 0 Å². The molecule has 0 bridgehead atoms. The van der Waals surface area contributed by atoms with E-state index in [9.17, 15) is 4.79 Å². The number of hydrogen-bond donors (Lipinski definition) is 2. The molecule has 6 heteroatoms. The summed E-state index contributed by atoms with van der Waals surface area (Å²) in [5, 5.41) is 10.2. The third-order valence-corrected chi connectivity index (χ3v) is 4.27. The molecule has 2 aromatic carbocycles. The van der Waals surface area contributed by atoms with E-state index in [1.54, 1.807) is 12.1 Å². The van der Waals surface area contributed by atoms with Gasteiger partial charge in [-0.05, 0) is 50.3 Å². The van der Waals surface area contributed by atoms with Gasteiger partial charge in [-0.3, -0.25) is 9.93 Å². The average Bonchev–Trinajstić information content (AvgIpc) is 2.54. The van der Waals surface area contributed by atoms with Crippen molar-refractivity contribution in [3.05, 3.63) is 46.6 Å². The highest BCUT2D eigenvalue weighted by atomic mass is 32.2. The average molecular weight is 329 g/mol. The van der Waals surface area contributed by atoms with E-state index in [1.807, 2.05) is 38.4 Å². The summed E-state index contributed by atoms with van der Waals surface area (Å²) >= 11 is 1.08. The van der Waals surface area contributed by atoms with Crippen LogP contribution in [0, 0.1) is 0 Å². The van der Waals surface area contributed by atoms with Crippen molar-refractivity contribution in [2.24, 2.45) is 5.14 Å². The molecule has 0 unspecified atom stereocenters. The minimum Gasteiger partial charge on any atom is -0.454 e. The Balaban J connectivity index is 2.21. The maximum absolute atomic E-state index is 12.9. The number of benzene rings is 2. The van der Waals surface area contributed by atoms with E-state index in [2.05, 4.69) is 10.2 Å². The first kappa shape index (κ1) is 15.9. The van der Waals surface area contributed by atoms with Crippen molar-refractivity contribution in [3.63, 3.8) is 0 Å². The van der Waals surface area contributed by atoms with E-state index < -0.39 is 0 Å². The van der Waals surface area contributed by atoms with Crippen LogP contribution in [0.15, 0.2) is 50.5 Å². The van der Waals surface area contributed by atoms with Crippen LogP contribution in [0.4, 0.5) is 5.69 Å². The quantitative estimate of drug-likeness (QED) is 0.554. The zero-order chi connectivity index (χ0) is 16.4. The molecule has 0 aliphatic rings. The Labute approximate surface area is 138 Å². The van der Waals surface area contributed by atoms with E-state index in [1.165, 1.54) is 0 Å². The molecule has 0 fully saturated rings. The van der Waals surface area contributed by atoms with Gasteiger partial charge in [-0.1, -0.05) is 12.1 Å². The van der Waals surface area contributed by atoms with Gasteiger partial charge in [0, 0.05) is 18.8 Å². The van der Waals surface area contributed by atoms with Crippen molar-refractivity contribution < 1.29 is 4.42 Å².